The monoisotopic (exact) mass is 224 g/mol. The van der Waals surface area contributed by atoms with Crippen molar-refractivity contribution in [1.29, 1.82) is 0 Å². The fourth-order valence-electron chi connectivity index (χ4n) is 1.53. The zero-order valence-corrected chi connectivity index (χ0v) is 10.4. The summed E-state index contributed by atoms with van der Waals surface area (Å²) in [5.41, 5.74) is 0. The molecule has 1 heterocycles. The average molecular weight is 224 g/mol. The maximum absolute atomic E-state index is 4.47. The number of nitrogens with zero attached hydrogens (tertiary/aromatic N) is 1. The van der Waals surface area contributed by atoms with Crippen LogP contribution in [-0.2, 0) is 6.54 Å². The van der Waals surface area contributed by atoms with Crippen LogP contribution >= 0.6 is 11.3 Å². The third kappa shape index (κ3) is 3.58. The summed E-state index contributed by atoms with van der Waals surface area (Å²) < 4.78 is 0. The van der Waals surface area contributed by atoms with Crippen LogP contribution in [0.5, 0.6) is 0 Å². The predicted octanol–water partition coefficient (Wildman–Crippen LogP) is 3.16. The van der Waals surface area contributed by atoms with Crippen LogP contribution in [0, 0.1) is 5.92 Å². The van der Waals surface area contributed by atoms with Gasteiger partial charge < -0.3 is 5.32 Å². The predicted molar refractivity (Wildman–Crippen MR) is 65.3 cm³/mol. The molecular weight excluding hydrogens is 204 g/mol. The summed E-state index contributed by atoms with van der Waals surface area (Å²) in [5.74, 6) is 1.60. The van der Waals surface area contributed by atoms with Crippen molar-refractivity contribution in [3.05, 3.63) is 16.1 Å². The first-order valence-electron chi connectivity index (χ1n) is 5.91. The topological polar surface area (TPSA) is 24.9 Å². The Morgan fingerprint density at radius 2 is 2.33 bits per heavy atom. The van der Waals surface area contributed by atoms with Crippen LogP contribution in [0.1, 0.15) is 48.9 Å². The van der Waals surface area contributed by atoms with E-state index < -0.39 is 0 Å². The molecule has 2 nitrogen and oxygen atoms in total. The number of hydrogen-bond donors (Lipinski definition) is 1. The standard InChI is InChI=1S/C12H20N2S/c1-9(2)5-6-13-7-11-8-14-12(15-11)10-3-4-10/h8-10,13H,3-7H2,1-2H3. The molecule has 0 bridgehead atoms. The molecule has 1 aromatic rings. The quantitative estimate of drug-likeness (QED) is 0.751. The van der Waals surface area contributed by atoms with Crippen LogP contribution in [0.2, 0.25) is 0 Å². The van der Waals surface area contributed by atoms with Crippen LogP contribution in [-0.4, -0.2) is 11.5 Å². The molecule has 0 saturated heterocycles. The Labute approximate surface area is 96.1 Å². The van der Waals surface area contributed by atoms with Gasteiger partial charge in [0.25, 0.3) is 0 Å². The lowest BCUT2D eigenvalue weighted by molar-refractivity contribution is 0.539. The van der Waals surface area contributed by atoms with E-state index >= 15 is 0 Å². The van der Waals surface area contributed by atoms with Crippen molar-refractivity contribution < 1.29 is 0 Å². The molecule has 1 fully saturated rings. The molecule has 1 saturated carbocycles. The molecule has 0 spiro atoms. The molecule has 84 valence electrons. The van der Waals surface area contributed by atoms with E-state index in [0.717, 1.165) is 24.9 Å². The van der Waals surface area contributed by atoms with E-state index in [-0.39, 0.29) is 0 Å². The van der Waals surface area contributed by atoms with Crippen molar-refractivity contribution in [1.82, 2.24) is 10.3 Å². The van der Waals surface area contributed by atoms with E-state index in [4.69, 9.17) is 0 Å². The number of aromatic nitrogens is 1. The summed E-state index contributed by atoms with van der Waals surface area (Å²) in [6.07, 6.45) is 6.01. The second-order valence-corrected chi connectivity index (χ2v) is 5.95. The van der Waals surface area contributed by atoms with Crippen LogP contribution in [0.3, 0.4) is 0 Å². The minimum absolute atomic E-state index is 0.793. The van der Waals surface area contributed by atoms with Crippen molar-refractivity contribution in [2.75, 3.05) is 6.54 Å². The smallest absolute Gasteiger partial charge is 0.0959 e. The van der Waals surface area contributed by atoms with Crippen LogP contribution < -0.4 is 5.32 Å². The Morgan fingerprint density at radius 1 is 1.53 bits per heavy atom. The van der Waals surface area contributed by atoms with Gasteiger partial charge in [-0.15, -0.1) is 11.3 Å². The molecule has 0 aliphatic heterocycles. The minimum Gasteiger partial charge on any atom is -0.312 e. The molecular formula is C12H20N2S. The second kappa shape index (κ2) is 5.08. The summed E-state index contributed by atoms with van der Waals surface area (Å²) >= 11 is 1.89. The van der Waals surface area contributed by atoms with Gasteiger partial charge in [0.15, 0.2) is 0 Å². The van der Waals surface area contributed by atoms with Gasteiger partial charge in [-0.25, -0.2) is 4.98 Å². The largest absolute Gasteiger partial charge is 0.312 e. The van der Waals surface area contributed by atoms with E-state index in [1.54, 1.807) is 0 Å². The zero-order valence-electron chi connectivity index (χ0n) is 9.62. The first-order chi connectivity index (χ1) is 7.25. The number of thiazole rings is 1. The van der Waals surface area contributed by atoms with E-state index in [1.165, 1.54) is 29.1 Å². The van der Waals surface area contributed by atoms with Gasteiger partial charge in [-0.05, 0) is 31.7 Å². The van der Waals surface area contributed by atoms with Crippen LogP contribution in [0.4, 0.5) is 0 Å². The number of hydrogen-bond acceptors (Lipinski definition) is 3. The summed E-state index contributed by atoms with van der Waals surface area (Å²) in [6.45, 7) is 6.64. The molecule has 1 aromatic heterocycles. The van der Waals surface area contributed by atoms with Gasteiger partial charge in [-0.3, -0.25) is 0 Å². The fourth-order valence-corrected chi connectivity index (χ4v) is 2.58. The summed E-state index contributed by atoms with van der Waals surface area (Å²) in [7, 11) is 0. The van der Waals surface area contributed by atoms with Gasteiger partial charge >= 0.3 is 0 Å². The molecule has 2 rings (SSSR count). The Balaban J connectivity index is 1.69. The van der Waals surface area contributed by atoms with Crippen molar-refractivity contribution >= 4 is 11.3 Å². The Morgan fingerprint density at radius 3 is 3.00 bits per heavy atom. The molecule has 0 aromatic carbocycles. The highest BCUT2D eigenvalue weighted by atomic mass is 32.1. The van der Waals surface area contributed by atoms with Crippen molar-refractivity contribution in [2.24, 2.45) is 5.92 Å². The summed E-state index contributed by atoms with van der Waals surface area (Å²) in [5, 5.41) is 4.83. The molecule has 1 N–H and O–H groups in total. The Bertz CT molecular complexity index is 302. The minimum atomic E-state index is 0.793. The normalized spacial score (nSPS) is 16.2. The van der Waals surface area contributed by atoms with Gasteiger partial charge in [-0.2, -0.15) is 0 Å². The third-order valence-electron chi connectivity index (χ3n) is 2.70. The van der Waals surface area contributed by atoms with E-state index in [1.807, 2.05) is 17.5 Å². The molecule has 0 amide bonds. The van der Waals surface area contributed by atoms with Crippen molar-refractivity contribution in [3.8, 4) is 0 Å². The maximum atomic E-state index is 4.47. The molecule has 0 atom stereocenters. The lowest BCUT2D eigenvalue weighted by Crippen LogP contribution is -2.15. The zero-order chi connectivity index (χ0) is 10.7. The third-order valence-corrected chi connectivity index (χ3v) is 3.86. The number of nitrogens with one attached hydrogen (secondary N) is 1. The van der Waals surface area contributed by atoms with E-state index in [9.17, 15) is 0 Å². The van der Waals surface area contributed by atoms with Crippen molar-refractivity contribution in [2.45, 2.75) is 45.6 Å². The lowest BCUT2D eigenvalue weighted by Gasteiger charge is -2.04. The van der Waals surface area contributed by atoms with Crippen LogP contribution in [0.15, 0.2) is 6.20 Å². The average Bonchev–Trinajstić information content (AvgIpc) is 2.94. The SMILES string of the molecule is CC(C)CCNCc1cnc(C2CC2)s1. The molecule has 1 aliphatic carbocycles. The summed E-state index contributed by atoms with van der Waals surface area (Å²) in [6, 6.07) is 0. The van der Waals surface area contributed by atoms with Gasteiger partial charge in [0.1, 0.15) is 0 Å². The molecule has 1 aliphatic rings. The first kappa shape index (κ1) is 11.1. The van der Waals surface area contributed by atoms with E-state index in [2.05, 4.69) is 24.1 Å². The highest BCUT2D eigenvalue weighted by molar-refractivity contribution is 7.11. The second-order valence-electron chi connectivity index (χ2n) is 4.80. The van der Waals surface area contributed by atoms with Gasteiger partial charge in [-0.1, -0.05) is 13.8 Å². The molecule has 0 unspecified atom stereocenters. The fraction of sp³-hybridized carbons (Fsp3) is 0.750. The lowest BCUT2D eigenvalue weighted by atomic mass is 10.1. The van der Waals surface area contributed by atoms with Gasteiger partial charge in [0, 0.05) is 23.5 Å². The highest BCUT2D eigenvalue weighted by Crippen LogP contribution is 2.41. The van der Waals surface area contributed by atoms with Gasteiger partial charge in [0.05, 0.1) is 5.01 Å². The molecule has 0 radical (unpaired) electrons. The summed E-state index contributed by atoms with van der Waals surface area (Å²) in [4.78, 5) is 5.86. The van der Waals surface area contributed by atoms with E-state index in [0.29, 0.717) is 0 Å². The Kier molecular flexibility index (Phi) is 3.76. The maximum Gasteiger partial charge on any atom is 0.0959 e. The van der Waals surface area contributed by atoms with Crippen LogP contribution in [0.25, 0.3) is 0 Å². The Hall–Kier alpha value is -0.410. The first-order valence-corrected chi connectivity index (χ1v) is 6.72. The molecule has 3 heteroatoms. The number of rotatable bonds is 6. The molecule has 15 heavy (non-hydrogen) atoms. The van der Waals surface area contributed by atoms with Gasteiger partial charge in [0.2, 0.25) is 0 Å². The highest BCUT2D eigenvalue weighted by Gasteiger charge is 2.26. The van der Waals surface area contributed by atoms with Crippen molar-refractivity contribution in [3.63, 3.8) is 0 Å².